The second kappa shape index (κ2) is 8.03. The smallest absolute Gasteiger partial charge is 0.381 e. The molecular weight excluding hydrogens is 413 g/mol. The number of hydrogen-bond donors (Lipinski definition) is 1. The zero-order valence-electron chi connectivity index (χ0n) is 16.6. The van der Waals surface area contributed by atoms with E-state index in [0.717, 1.165) is 5.56 Å². The van der Waals surface area contributed by atoms with E-state index in [9.17, 15) is 18.0 Å². The van der Waals surface area contributed by atoms with Gasteiger partial charge in [0.05, 0.1) is 17.8 Å². The molecule has 1 aliphatic rings. The first-order valence-electron chi connectivity index (χ1n) is 9.67. The molecule has 4 rings (SSSR count). The number of halogens is 3. The van der Waals surface area contributed by atoms with Crippen molar-refractivity contribution in [2.75, 3.05) is 18.5 Å². The number of anilines is 2. The van der Waals surface area contributed by atoms with Crippen LogP contribution in [0.15, 0.2) is 29.2 Å². The number of ether oxygens (including phenoxy) is 1. The summed E-state index contributed by atoms with van der Waals surface area (Å²) in [4.78, 5) is 21.4. The Balaban J connectivity index is 1.80. The number of rotatable bonds is 4. The maximum atomic E-state index is 13.1. The molecule has 1 saturated heterocycles. The van der Waals surface area contributed by atoms with E-state index in [2.05, 4.69) is 21.4 Å². The van der Waals surface area contributed by atoms with E-state index < -0.39 is 18.4 Å². The van der Waals surface area contributed by atoms with Crippen LogP contribution in [0.2, 0.25) is 0 Å². The van der Waals surface area contributed by atoms with Crippen molar-refractivity contribution in [1.82, 2.24) is 19.1 Å². The lowest BCUT2D eigenvalue weighted by Gasteiger charge is -2.23. The van der Waals surface area contributed by atoms with Crippen LogP contribution in [0, 0.1) is 18.3 Å². The van der Waals surface area contributed by atoms with E-state index in [1.54, 1.807) is 25.1 Å². The van der Waals surface area contributed by atoms with Gasteiger partial charge in [-0.1, -0.05) is 0 Å². The quantitative estimate of drug-likeness (QED) is 0.678. The van der Waals surface area contributed by atoms with E-state index in [-0.39, 0.29) is 23.2 Å². The minimum atomic E-state index is -4.56. The molecule has 8 nitrogen and oxygen atoms in total. The SMILES string of the molecule is Cc1cc(C#N)ccc1Nc1ncc2c(n1)n(C1CCOCC1)c(=O)n2CC(F)(F)F. The monoisotopic (exact) mass is 432 g/mol. The second-order valence-electron chi connectivity index (χ2n) is 7.37. The number of fused-ring (bicyclic) bond motifs is 1. The van der Waals surface area contributed by atoms with Gasteiger partial charge < -0.3 is 10.1 Å². The Morgan fingerprint density at radius 2 is 2.06 bits per heavy atom. The fraction of sp³-hybridized carbons (Fsp3) is 0.400. The summed E-state index contributed by atoms with van der Waals surface area (Å²) >= 11 is 0. The molecule has 2 aromatic heterocycles. The molecule has 0 saturated carbocycles. The Labute approximate surface area is 174 Å². The number of benzene rings is 1. The highest BCUT2D eigenvalue weighted by Gasteiger charge is 2.32. The predicted octanol–water partition coefficient (Wildman–Crippen LogP) is 3.43. The maximum Gasteiger partial charge on any atom is 0.406 e. The molecule has 162 valence electrons. The Kier molecular flexibility index (Phi) is 5.41. The van der Waals surface area contributed by atoms with Crippen LogP contribution in [0.4, 0.5) is 24.8 Å². The van der Waals surface area contributed by atoms with E-state index in [4.69, 9.17) is 10.00 Å². The fourth-order valence-electron chi connectivity index (χ4n) is 3.72. The molecule has 0 unspecified atom stereocenters. The molecule has 0 spiro atoms. The van der Waals surface area contributed by atoms with Crippen LogP contribution in [0.5, 0.6) is 0 Å². The molecule has 3 aromatic rings. The van der Waals surface area contributed by atoms with Gasteiger partial charge in [0.15, 0.2) is 5.65 Å². The van der Waals surface area contributed by atoms with Crippen molar-refractivity contribution < 1.29 is 17.9 Å². The van der Waals surface area contributed by atoms with Gasteiger partial charge in [0.25, 0.3) is 0 Å². The molecule has 0 atom stereocenters. The van der Waals surface area contributed by atoms with Crippen molar-refractivity contribution in [1.29, 1.82) is 5.26 Å². The Hall–Kier alpha value is -3.39. The number of imidazole rings is 1. The second-order valence-corrected chi connectivity index (χ2v) is 7.37. The van der Waals surface area contributed by atoms with Crippen molar-refractivity contribution in [3.05, 3.63) is 46.0 Å². The standard InChI is InChI=1S/C20H19F3N6O2/c1-12-8-13(9-24)2-3-15(12)26-18-25-10-16-17(27-18)29(14-4-6-31-7-5-14)19(30)28(16)11-20(21,22)23/h2-3,8,10,14H,4-7,11H2,1H3,(H,25,26,27). The van der Waals surface area contributed by atoms with Crippen LogP contribution < -0.4 is 11.0 Å². The Morgan fingerprint density at radius 3 is 2.71 bits per heavy atom. The average Bonchev–Trinajstić information content (AvgIpc) is 2.99. The van der Waals surface area contributed by atoms with E-state index in [0.29, 0.717) is 41.9 Å². The zero-order chi connectivity index (χ0) is 22.2. The number of aromatic nitrogens is 4. The summed E-state index contributed by atoms with van der Waals surface area (Å²) in [6.45, 7) is 1.23. The van der Waals surface area contributed by atoms with Crippen molar-refractivity contribution in [2.45, 2.75) is 38.5 Å². The highest BCUT2D eigenvalue weighted by Crippen LogP contribution is 2.27. The molecular formula is C20H19F3N6O2. The third-order valence-corrected chi connectivity index (χ3v) is 5.20. The van der Waals surface area contributed by atoms with Crippen LogP contribution >= 0.6 is 0 Å². The number of aryl methyl sites for hydroxylation is 1. The van der Waals surface area contributed by atoms with Crippen molar-refractivity contribution in [2.24, 2.45) is 0 Å². The van der Waals surface area contributed by atoms with Crippen LogP contribution in [-0.4, -0.2) is 38.5 Å². The van der Waals surface area contributed by atoms with Gasteiger partial charge in [-0.05, 0) is 43.5 Å². The number of nitriles is 1. The zero-order valence-corrected chi connectivity index (χ0v) is 16.6. The lowest BCUT2D eigenvalue weighted by molar-refractivity contribution is -0.140. The normalized spacial score (nSPS) is 15.2. The highest BCUT2D eigenvalue weighted by molar-refractivity contribution is 5.73. The molecule has 31 heavy (non-hydrogen) atoms. The molecule has 3 heterocycles. The highest BCUT2D eigenvalue weighted by atomic mass is 19.4. The molecule has 0 bridgehead atoms. The number of nitrogens with zero attached hydrogens (tertiary/aromatic N) is 5. The van der Waals surface area contributed by atoms with Crippen molar-refractivity contribution in [3.63, 3.8) is 0 Å². The van der Waals surface area contributed by atoms with Gasteiger partial charge in [0.1, 0.15) is 12.1 Å². The Bertz CT molecular complexity index is 1220. The minimum Gasteiger partial charge on any atom is -0.381 e. The van der Waals surface area contributed by atoms with Gasteiger partial charge in [-0.3, -0.25) is 9.13 Å². The van der Waals surface area contributed by atoms with Crippen LogP contribution in [0.25, 0.3) is 11.2 Å². The summed E-state index contributed by atoms with van der Waals surface area (Å²) in [5.41, 5.74) is 1.32. The first-order chi connectivity index (χ1) is 14.8. The van der Waals surface area contributed by atoms with Gasteiger partial charge in [-0.2, -0.15) is 23.4 Å². The van der Waals surface area contributed by atoms with Gasteiger partial charge in [-0.25, -0.2) is 9.78 Å². The summed E-state index contributed by atoms with van der Waals surface area (Å²) in [6, 6.07) is 6.76. The third-order valence-electron chi connectivity index (χ3n) is 5.20. The lowest BCUT2D eigenvalue weighted by Crippen LogP contribution is -2.33. The Morgan fingerprint density at radius 1 is 1.32 bits per heavy atom. The maximum absolute atomic E-state index is 13.1. The first-order valence-corrected chi connectivity index (χ1v) is 9.67. The van der Waals surface area contributed by atoms with Crippen molar-refractivity contribution >= 4 is 22.8 Å². The predicted molar refractivity (Wildman–Crippen MR) is 106 cm³/mol. The number of nitrogens with one attached hydrogen (secondary N) is 1. The summed E-state index contributed by atoms with van der Waals surface area (Å²) in [7, 11) is 0. The van der Waals surface area contributed by atoms with Gasteiger partial charge >= 0.3 is 11.9 Å². The topological polar surface area (TPSA) is 97.8 Å². The summed E-state index contributed by atoms with van der Waals surface area (Å²) in [6.07, 6.45) is -2.32. The van der Waals surface area contributed by atoms with E-state index in [1.807, 2.05) is 0 Å². The number of hydrogen-bond acceptors (Lipinski definition) is 6. The molecule has 0 aliphatic carbocycles. The summed E-state index contributed by atoms with van der Waals surface area (Å²) in [5.74, 6) is 0.144. The lowest BCUT2D eigenvalue weighted by atomic mass is 10.1. The minimum absolute atomic E-state index is 0.0240. The molecule has 0 radical (unpaired) electrons. The van der Waals surface area contributed by atoms with Gasteiger partial charge in [0.2, 0.25) is 5.95 Å². The third kappa shape index (κ3) is 4.25. The van der Waals surface area contributed by atoms with E-state index in [1.165, 1.54) is 10.8 Å². The average molecular weight is 432 g/mol. The van der Waals surface area contributed by atoms with E-state index >= 15 is 0 Å². The largest absolute Gasteiger partial charge is 0.406 e. The van der Waals surface area contributed by atoms with Crippen LogP contribution in [0.3, 0.4) is 0 Å². The van der Waals surface area contributed by atoms with Crippen molar-refractivity contribution in [3.8, 4) is 6.07 Å². The summed E-state index contributed by atoms with van der Waals surface area (Å²) in [5, 5.41) is 12.0. The molecule has 0 amide bonds. The number of alkyl halides is 3. The van der Waals surface area contributed by atoms with Crippen LogP contribution in [-0.2, 0) is 11.3 Å². The summed E-state index contributed by atoms with van der Waals surface area (Å²) < 4.78 is 46.6. The molecule has 1 N–H and O–H groups in total. The van der Waals surface area contributed by atoms with Gasteiger partial charge in [0, 0.05) is 24.9 Å². The van der Waals surface area contributed by atoms with Crippen LogP contribution in [0.1, 0.15) is 30.0 Å². The molecule has 11 heteroatoms. The molecule has 1 fully saturated rings. The molecule has 1 aliphatic heterocycles. The first kappa shape index (κ1) is 20.9. The fourth-order valence-corrected chi connectivity index (χ4v) is 3.72. The van der Waals surface area contributed by atoms with Gasteiger partial charge in [-0.15, -0.1) is 0 Å². The molecule has 1 aromatic carbocycles.